The fraction of sp³-hybridized carbons (Fsp3) is 0.688. The van der Waals surface area contributed by atoms with Gasteiger partial charge in [-0.1, -0.05) is 0 Å². The van der Waals surface area contributed by atoms with Gasteiger partial charge in [-0.05, 0) is 58.6 Å². The standard InChI is InChI=1S/C16H25ClN4O2/c1-11-9-13(20-14(17)19-11)18-10-12-7-5-6-8-21(12)15(22)23-16(2,3)4/h9,12H,5-8,10H2,1-4H3,(H,18,19,20)/t12-/m1/s1. The van der Waals surface area contributed by atoms with Crippen molar-refractivity contribution in [2.75, 3.05) is 18.4 Å². The Kier molecular flexibility index (Phi) is 5.68. The maximum Gasteiger partial charge on any atom is 0.410 e. The lowest BCUT2D eigenvalue weighted by Gasteiger charge is -2.36. The van der Waals surface area contributed by atoms with E-state index in [4.69, 9.17) is 16.3 Å². The number of nitrogens with one attached hydrogen (secondary N) is 1. The summed E-state index contributed by atoms with van der Waals surface area (Å²) in [5.41, 5.74) is 0.323. The average molecular weight is 341 g/mol. The molecule has 0 spiro atoms. The molecule has 1 amide bonds. The molecule has 2 heterocycles. The lowest BCUT2D eigenvalue weighted by molar-refractivity contribution is 0.0114. The van der Waals surface area contributed by atoms with Crippen LogP contribution < -0.4 is 5.32 Å². The molecule has 1 aliphatic rings. The summed E-state index contributed by atoms with van der Waals surface area (Å²) in [6, 6.07) is 1.93. The number of hydrogen-bond donors (Lipinski definition) is 1. The summed E-state index contributed by atoms with van der Waals surface area (Å²) in [7, 11) is 0. The Hall–Kier alpha value is -1.56. The van der Waals surface area contributed by atoms with Gasteiger partial charge >= 0.3 is 6.09 Å². The molecule has 1 aromatic rings. The third kappa shape index (κ3) is 5.53. The zero-order chi connectivity index (χ0) is 17.0. The number of piperidine rings is 1. The van der Waals surface area contributed by atoms with Gasteiger partial charge in [0.2, 0.25) is 5.28 Å². The van der Waals surface area contributed by atoms with Crippen LogP contribution in [0.5, 0.6) is 0 Å². The predicted octanol–water partition coefficient (Wildman–Crippen LogP) is 3.64. The number of carbonyl (C=O) groups excluding carboxylic acids is 1. The molecule has 0 saturated carbocycles. The van der Waals surface area contributed by atoms with Gasteiger partial charge in [0, 0.05) is 24.8 Å². The van der Waals surface area contributed by atoms with Gasteiger partial charge in [0.15, 0.2) is 0 Å². The van der Waals surface area contributed by atoms with Gasteiger partial charge in [-0.2, -0.15) is 0 Å². The van der Waals surface area contributed by atoms with Crippen LogP contribution in [0.15, 0.2) is 6.07 Å². The zero-order valence-electron chi connectivity index (χ0n) is 14.2. The molecule has 6 nitrogen and oxygen atoms in total. The van der Waals surface area contributed by atoms with Crippen molar-refractivity contribution in [3.05, 3.63) is 17.0 Å². The molecule has 0 bridgehead atoms. The van der Waals surface area contributed by atoms with Crippen molar-refractivity contribution in [3.63, 3.8) is 0 Å². The van der Waals surface area contributed by atoms with E-state index >= 15 is 0 Å². The lowest BCUT2D eigenvalue weighted by atomic mass is 10.0. The van der Waals surface area contributed by atoms with Crippen molar-refractivity contribution in [1.29, 1.82) is 0 Å². The first kappa shape index (κ1) is 17.8. The fourth-order valence-corrected chi connectivity index (χ4v) is 2.84. The summed E-state index contributed by atoms with van der Waals surface area (Å²) < 4.78 is 5.51. The second kappa shape index (κ2) is 7.34. The van der Waals surface area contributed by atoms with Crippen LogP contribution in [0.3, 0.4) is 0 Å². The Balaban J connectivity index is 1.99. The number of halogens is 1. The average Bonchev–Trinajstić information content (AvgIpc) is 2.42. The molecule has 23 heavy (non-hydrogen) atoms. The van der Waals surface area contributed by atoms with E-state index in [1.54, 1.807) is 0 Å². The number of aryl methyl sites for hydroxylation is 1. The molecule has 1 fully saturated rings. The van der Waals surface area contributed by atoms with E-state index in [-0.39, 0.29) is 17.4 Å². The van der Waals surface area contributed by atoms with Crippen LogP contribution in [0.4, 0.5) is 10.6 Å². The third-order valence-corrected chi connectivity index (χ3v) is 3.77. The molecular weight excluding hydrogens is 316 g/mol. The number of rotatable bonds is 3. The summed E-state index contributed by atoms with van der Waals surface area (Å²) in [4.78, 5) is 22.4. The quantitative estimate of drug-likeness (QED) is 0.851. The van der Waals surface area contributed by atoms with Gasteiger partial charge in [0.05, 0.1) is 6.04 Å². The van der Waals surface area contributed by atoms with Crippen molar-refractivity contribution in [2.45, 2.75) is 58.6 Å². The highest BCUT2D eigenvalue weighted by molar-refractivity contribution is 6.28. The Morgan fingerprint density at radius 2 is 2.17 bits per heavy atom. The maximum absolute atomic E-state index is 12.4. The van der Waals surface area contributed by atoms with E-state index in [1.807, 2.05) is 38.7 Å². The molecule has 1 aromatic heterocycles. The highest BCUT2D eigenvalue weighted by Crippen LogP contribution is 2.21. The first-order chi connectivity index (χ1) is 10.7. The highest BCUT2D eigenvalue weighted by atomic mass is 35.5. The second-order valence-electron chi connectivity index (χ2n) is 6.87. The molecular formula is C16H25ClN4O2. The number of aromatic nitrogens is 2. The van der Waals surface area contributed by atoms with Crippen LogP contribution in [0, 0.1) is 6.92 Å². The van der Waals surface area contributed by atoms with Crippen molar-refractivity contribution < 1.29 is 9.53 Å². The van der Waals surface area contributed by atoms with E-state index in [9.17, 15) is 4.79 Å². The van der Waals surface area contributed by atoms with E-state index < -0.39 is 5.60 Å². The molecule has 0 aromatic carbocycles. The Morgan fingerprint density at radius 1 is 1.43 bits per heavy atom. The SMILES string of the molecule is Cc1cc(NC[C@H]2CCCCN2C(=O)OC(C)(C)C)nc(Cl)n1. The number of carbonyl (C=O) groups is 1. The van der Waals surface area contributed by atoms with Gasteiger partial charge in [0.25, 0.3) is 0 Å². The topological polar surface area (TPSA) is 67.4 Å². The van der Waals surface area contributed by atoms with Gasteiger partial charge in [-0.3, -0.25) is 0 Å². The van der Waals surface area contributed by atoms with E-state index in [0.717, 1.165) is 31.5 Å². The van der Waals surface area contributed by atoms with E-state index in [0.29, 0.717) is 12.4 Å². The minimum absolute atomic E-state index is 0.0904. The maximum atomic E-state index is 12.4. The molecule has 0 radical (unpaired) electrons. The van der Waals surface area contributed by atoms with E-state index in [2.05, 4.69) is 15.3 Å². The molecule has 0 aliphatic carbocycles. The highest BCUT2D eigenvalue weighted by Gasteiger charge is 2.30. The van der Waals surface area contributed by atoms with Crippen LogP contribution in [-0.2, 0) is 4.74 Å². The summed E-state index contributed by atoms with van der Waals surface area (Å²) in [6.45, 7) is 8.86. The Bertz CT molecular complexity index is 539. The normalized spacial score (nSPS) is 18.7. The monoisotopic (exact) mass is 340 g/mol. The minimum atomic E-state index is -0.482. The predicted molar refractivity (Wildman–Crippen MR) is 90.8 cm³/mol. The molecule has 0 unspecified atom stereocenters. The molecule has 2 rings (SSSR count). The summed E-state index contributed by atoms with van der Waals surface area (Å²) in [5.74, 6) is 0.678. The number of anilines is 1. The largest absolute Gasteiger partial charge is 0.444 e. The van der Waals surface area contributed by atoms with Crippen LogP contribution in [-0.4, -0.2) is 45.7 Å². The van der Waals surface area contributed by atoms with Gasteiger partial charge < -0.3 is 15.0 Å². The van der Waals surface area contributed by atoms with Crippen molar-refractivity contribution >= 4 is 23.5 Å². The summed E-state index contributed by atoms with van der Waals surface area (Å²) in [5, 5.41) is 3.48. The van der Waals surface area contributed by atoms with Crippen LogP contribution in [0.2, 0.25) is 5.28 Å². The van der Waals surface area contributed by atoms with Crippen molar-refractivity contribution in [2.24, 2.45) is 0 Å². The smallest absolute Gasteiger partial charge is 0.410 e. The van der Waals surface area contributed by atoms with Crippen LogP contribution in [0.1, 0.15) is 45.7 Å². The Labute approximate surface area is 142 Å². The molecule has 7 heteroatoms. The van der Waals surface area contributed by atoms with Gasteiger partial charge in [-0.15, -0.1) is 0 Å². The van der Waals surface area contributed by atoms with E-state index in [1.165, 1.54) is 0 Å². The molecule has 1 saturated heterocycles. The summed E-state index contributed by atoms with van der Waals surface area (Å²) in [6.07, 6.45) is 2.81. The molecule has 1 atom stereocenters. The number of nitrogens with zero attached hydrogens (tertiary/aromatic N) is 3. The summed E-state index contributed by atoms with van der Waals surface area (Å²) >= 11 is 5.88. The second-order valence-corrected chi connectivity index (χ2v) is 7.21. The van der Waals surface area contributed by atoms with Crippen LogP contribution in [0.25, 0.3) is 0 Å². The number of ether oxygens (including phenoxy) is 1. The van der Waals surface area contributed by atoms with Crippen molar-refractivity contribution in [3.8, 4) is 0 Å². The van der Waals surface area contributed by atoms with Crippen LogP contribution >= 0.6 is 11.6 Å². The molecule has 1 aliphatic heterocycles. The number of amides is 1. The van der Waals surface area contributed by atoms with Gasteiger partial charge in [-0.25, -0.2) is 14.8 Å². The Morgan fingerprint density at radius 3 is 2.83 bits per heavy atom. The first-order valence-electron chi connectivity index (χ1n) is 7.99. The molecule has 128 valence electrons. The molecule has 1 N–H and O–H groups in total. The lowest BCUT2D eigenvalue weighted by Crippen LogP contribution is -2.48. The zero-order valence-corrected chi connectivity index (χ0v) is 15.0. The third-order valence-electron chi connectivity index (χ3n) is 3.60. The van der Waals surface area contributed by atoms with Gasteiger partial charge in [0.1, 0.15) is 11.4 Å². The van der Waals surface area contributed by atoms with Crippen molar-refractivity contribution in [1.82, 2.24) is 14.9 Å². The first-order valence-corrected chi connectivity index (χ1v) is 8.37. The fourth-order valence-electron chi connectivity index (χ4n) is 2.62. The minimum Gasteiger partial charge on any atom is -0.444 e. The number of likely N-dealkylation sites (tertiary alicyclic amines) is 1. The number of hydrogen-bond acceptors (Lipinski definition) is 5.